The Morgan fingerprint density at radius 2 is 1.94 bits per heavy atom. The number of hydrogen-bond acceptors (Lipinski definition) is 3. The van der Waals surface area contributed by atoms with Crippen molar-refractivity contribution in [3.05, 3.63) is 29.3 Å². The molecule has 0 amide bonds. The summed E-state index contributed by atoms with van der Waals surface area (Å²) in [5.41, 5.74) is -0.544. The third-order valence-electron chi connectivity index (χ3n) is 3.89. The predicted molar refractivity (Wildman–Crippen MR) is 66.1 cm³/mol. The number of methoxy groups -OCH3 is 1. The highest BCUT2D eigenvalue weighted by Crippen LogP contribution is 2.49. The van der Waals surface area contributed by atoms with E-state index in [1.165, 1.54) is 0 Å². The minimum Gasteiger partial charge on any atom is -0.496 e. The van der Waals surface area contributed by atoms with Crippen molar-refractivity contribution in [2.75, 3.05) is 7.11 Å². The predicted octanol–water partition coefficient (Wildman–Crippen LogP) is 2.13. The van der Waals surface area contributed by atoms with Gasteiger partial charge in [0.2, 0.25) is 0 Å². The van der Waals surface area contributed by atoms with Gasteiger partial charge >= 0.3 is 0 Å². The van der Waals surface area contributed by atoms with Crippen LogP contribution in [0.5, 0.6) is 5.75 Å². The highest BCUT2D eigenvalue weighted by Gasteiger charge is 2.52. The lowest BCUT2D eigenvalue weighted by Gasteiger charge is -2.36. The van der Waals surface area contributed by atoms with E-state index in [2.05, 4.69) is 0 Å². The molecule has 1 fully saturated rings. The normalized spacial score (nSPS) is 32.8. The van der Waals surface area contributed by atoms with Crippen LogP contribution in [0.3, 0.4) is 0 Å². The number of benzene rings is 1. The number of rotatable bonds is 2. The zero-order chi connectivity index (χ0) is 12.7. The summed E-state index contributed by atoms with van der Waals surface area (Å²) in [4.78, 5) is 0. The van der Waals surface area contributed by atoms with Gasteiger partial charge in [-0.15, -0.1) is 0 Å². The summed E-state index contributed by atoms with van der Waals surface area (Å²) < 4.78 is 5.30. The van der Waals surface area contributed by atoms with Crippen molar-refractivity contribution in [1.29, 1.82) is 0 Å². The SMILES string of the molecule is COc1ccc(C)cc1[C@@]1(O)CCC[C@]1(C)O. The van der Waals surface area contributed by atoms with Gasteiger partial charge in [-0.3, -0.25) is 0 Å². The van der Waals surface area contributed by atoms with E-state index in [-0.39, 0.29) is 0 Å². The molecule has 0 radical (unpaired) electrons. The van der Waals surface area contributed by atoms with Crippen molar-refractivity contribution in [1.82, 2.24) is 0 Å². The highest BCUT2D eigenvalue weighted by molar-refractivity contribution is 5.43. The summed E-state index contributed by atoms with van der Waals surface area (Å²) in [7, 11) is 1.58. The van der Waals surface area contributed by atoms with Crippen molar-refractivity contribution in [3.8, 4) is 5.75 Å². The number of ether oxygens (including phenoxy) is 1. The Balaban J connectivity index is 2.56. The quantitative estimate of drug-likeness (QED) is 0.827. The van der Waals surface area contributed by atoms with E-state index in [4.69, 9.17) is 4.74 Å². The van der Waals surface area contributed by atoms with E-state index in [0.717, 1.165) is 12.0 Å². The fraction of sp³-hybridized carbons (Fsp3) is 0.571. The maximum absolute atomic E-state index is 10.8. The summed E-state index contributed by atoms with van der Waals surface area (Å²) in [6, 6.07) is 5.69. The monoisotopic (exact) mass is 236 g/mol. The molecule has 0 spiro atoms. The number of aliphatic hydroxyl groups is 2. The van der Waals surface area contributed by atoms with E-state index in [0.29, 0.717) is 24.2 Å². The third kappa shape index (κ3) is 1.83. The van der Waals surface area contributed by atoms with Crippen LogP contribution in [0.2, 0.25) is 0 Å². The first-order valence-corrected chi connectivity index (χ1v) is 6.00. The molecule has 2 rings (SSSR count). The van der Waals surface area contributed by atoms with Gasteiger partial charge < -0.3 is 14.9 Å². The smallest absolute Gasteiger partial charge is 0.125 e. The van der Waals surface area contributed by atoms with Crippen molar-refractivity contribution < 1.29 is 14.9 Å². The molecule has 1 saturated carbocycles. The fourth-order valence-electron chi connectivity index (χ4n) is 2.73. The van der Waals surface area contributed by atoms with E-state index in [9.17, 15) is 10.2 Å². The Hall–Kier alpha value is -1.06. The van der Waals surface area contributed by atoms with Crippen LogP contribution >= 0.6 is 0 Å². The second kappa shape index (κ2) is 4.00. The van der Waals surface area contributed by atoms with Gasteiger partial charge in [-0.2, -0.15) is 0 Å². The van der Waals surface area contributed by atoms with Gasteiger partial charge in [0.25, 0.3) is 0 Å². The van der Waals surface area contributed by atoms with Gasteiger partial charge in [-0.25, -0.2) is 0 Å². The van der Waals surface area contributed by atoms with Gasteiger partial charge in [-0.1, -0.05) is 11.6 Å². The number of aryl methyl sites for hydroxylation is 1. The van der Waals surface area contributed by atoms with E-state index in [1.54, 1.807) is 14.0 Å². The average molecular weight is 236 g/mol. The molecule has 3 nitrogen and oxygen atoms in total. The van der Waals surface area contributed by atoms with Crippen LogP contribution in [0, 0.1) is 6.92 Å². The van der Waals surface area contributed by atoms with Gasteiger partial charge in [0, 0.05) is 5.56 Å². The Morgan fingerprint density at radius 1 is 1.24 bits per heavy atom. The van der Waals surface area contributed by atoms with Crippen LogP contribution in [-0.4, -0.2) is 22.9 Å². The summed E-state index contributed by atoms with van der Waals surface area (Å²) in [5, 5.41) is 21.2. The molecule has 1 aliphatic carbocycles. The molecular formula is C14H20O3. The van der Waals surface area contributed by atoms with Crippen LogP contribution < -0.4 is 4.74 Å². The molecule has 2 atom stereocenters. The Morgan fingerprint density at radius 3 is 2.47 bits per heavy atom. The molecule has 0 unspecified atom stereocenters. The largest absolute Gasteiger partial charge is 0.496 e. The van der Waals surface area contributed by atoms with Gasteiger partial charge in [0.1, 0.15) is 11.4 Å². The topological polar surface area (TPSA) is 49.7 Å². The second-order valence-corrected chi connectivity index (χ2v) is 5.19. The fourth-order valence-corrected chi connectivity index (χ4v) is 2.73. The maximum atomic E-state index is 10.8. The minimum absolute atomic E-state index is 0.569. The van der Waals surface area contributed by atoms with E-state index in [1.807, 2.05) is 25.1 Å². The lowest BCUT2D eigenvalue weighted by atomic mass is 9.80. The maximum Gasteiger partial charge on any atom is 0.125 e. The van der Waals surface area contributed by atoms with Crippen molar-refractivity contribution in [3.63, 3.8) is 0 Å². The second-order valence-electron chi connectivity index (χ2n) is 5.19. The van der Waals surface area contributed by atoms with Crippen LogP contribution in [0.15, 0.2) is 18.2 Å². The first kappa shape index (κ1) is 12.4. The van der Waals surface area contributed by atoms with Crippen molar-refractivity contribution in [2.24, 2.45) is 0 Å². The number of hydrogen-bond donors (Lipinski definition) is 2. The average Bonchev–Trinajstić information content (AvgIpc) is 2.54. The standard InChI is InChI=1S/C14H20O3/c1-10-5-6-12(17-3)11(9-10)14(16)8-4-7-13(14,2)15/h5-6,9,15-16H,4,7-8H2,1-3H3/t13-,14-/m0/s1. The van der Waals surface area contributed by atoms with E-state index < -0.39 is 11.2 Å². The lowest BCUT2D eigenvalue weighted by Crippen LogP contribution is -2.45. The van der Waals surface area contributed by atoms with Gasteiger partial charge in [0.15, 0.2) is 0 Å². The Kier molecular flexibility index (Phi) is 2.92. The highest BCUT2D eigenvalue weighted by atomic mass is 16.5. The van der Waals surface area contributed by atoms with E-state index >= 15 is 0 Å². The summed E-state index contributed by atoms with van der Waals surface area (Å²) in [5.74, 6) is 0.639. The van der Waals surface area contributed by atoms with Crippen molar-refractivity contribution in [2.45, 2.75) is 44.3 Å². The molecule has 94 valence electrons. The molecule has 0 aliphatic heterocycles. The Bertz CT molecular complexity index is 425. The molecule has 0 bridgehead atoms. The molecule has 17 heavy (non-hydrogen) atoms. The lowest BCUT2D eigenvalue weighted by molar-refractivity contribution is -0.126. The molecule has 1 aromatic carbocycles. The molecular weight excluding hydrogens is 216 g/mol. The summed E-state index contributed by atoms with van der Waals surface area (Å²) >= 11 is 0. The molecule has 3 heteroatoms. The molecule has 2 N–H and O–H groups in total. The van der Waals surface area contributed by atoms with Gasteiger partial charge in [-0.05, 0) is 45.2 Å². The van der Waals surface area contributed by atoms with Crippen LogP contribution in [0.1, 0.15) is 37.3 Å². The third-order valence-corrected chi connectivity index (χ3v) is 3.89. The first-order chi connectivity index (χ1) is 7.90. The van der Waals surface area contributed by atoms with Crippen molar-refractivity contribution >= 4 is 0 Å². The zero-order valence-electron chi connectivity index (χ0n) is 10.7. The summed E-state index contributed by atoms with van der Waals surface area (Å²) in [6.45, 7) is 3.66. The molecule has 0 saturated heterocycles. The minimum atomic E-state index is -1.20. The summed E-state index contributed by atoms with van der Waals surface area (Å²) in [6.07, 6.45) is 2.00. The molecule has 0 heterocycles. The van der Waals surface area contributed by atoms with Crippen LogP contribution in [-0.2, 0) is 5.60 Å². The zero-order valence-corrected chi connectivity index (χ0v) is 10.7. The molecule has 0 aromatic heterocycles. The van der Waals surface area contributed by atoms with Gasteiger partial charge in [0.05, 0.1) is 12.7 Å². The molecule has 1 aliphatic rings. The molecule has 1 aromatic rings. The van der Waals surface area contributed by atoms with Crippen LogP contribution in [0.4, 0.5) is 0 Å². The van der Waals surface area contributed by atoms with Crippen LogP contribution in [0.25, 0.3) is 0 Å². The first-order valence-electron chi connectivity index (χ1n) is 6.00. The Labute approximate surface area is 102 Å².